The van der Waals surface area contributed by atoms with E-state index in [0.29, 0.717) is 32.7 Å². The van der Waals surface area contributed by atoms with Crippen molar-refractivity contribution >= 4 is 23.4 Å². The maximum Gasteiger partial charge on any atom is 0.228 e. The molecule has 24 heavy (non-hydrogen) atoms. The molecule has 0 saturated carbocycles. The molecule has 0 aliphatic carbocycles. The predicted octanol–water partition coefficient (Wildman–Crippen LogP) is 1.12. The largest absolute Gasteiger partial charge is 0.341 e. The number of para-hydroxylation sites is 1. The predicted molar refractivity (Wildman–Crippen MR) is 90.4 cm³/mol. The third-order valence-corrected chi connectivity index (χ3v) is 4.80. The molecule has 0 bridgehead atoms. The second kappa shape index (κ2) is 7.03. The lowest BCUT2D eigenvalue weighted by atomic mass is 10.1. The van der Waals surface area contributed by atoms with Crippen molar-refractivity contribution in [3.8, 4) is 0 Å². The van der Waals surface area contributed by atoms with Crippen LogP contribution in [0.5, 0.6) is 0 Å². The first-order valence-electron chi connectivity index (χ1n) is 8.46. The van der Waals surface area contributed by atoms with E-state index in [1.54, 1.807) is 16.7 Å². The number of hydrogen-bond acceptors (Lipinski definition) is 3. The highest BCUT2D eigenvalue weighted by molar-refractivity contribution is 6.00. The Hall–Kier alpha value is -2.37. The van der Waals surface area contributed by atoms with Gasteiger partial charge >= 0.3 is 0 Å². The van der Waals surface area contributed by atoms with E-state index < -0.39 is 0 Å². The van der Waals surface area contributed by atoms with Gasteiger partial charge < -0.3 is 14.7 Å². The summed E-state index contributed by atoms with van der Waals surface area (Å²) >= 11 is 0. The first-order valence-corrected chi connectivity index (χ1v) is 8.46. The van der Waals surface area contributed by atoms with Crippen molar-refractivity contribution in [1.29, 1.82) is 0 Å². The quantitative estimate of drug-likeness (QED) is 0.817. The molecule has 0 aromatic heterocycles. The summed E-state index contributed by atoms with van der Waals surface area (Å²) in [6.07, 6.45) is 1.05. The van der Waals surface area contributed by atoms with Gasteiger partial charge in [0.25, 0.3) is 0 Å². The molecule has 1 unspecified atom stereocenters. The van der Waals surface area contributed by atoms with Crippen LogP contribution in [0, 0.1) is 5.92 Å². The van der Waals surface area contributed by atoms with E-state index in [-0.39, 0.29) is 30.1 Å². The monoisotopic (exact) mass is 329 g/mol. The summed E-state index contributed by atoms with van der Waals surface area (Å²) in [4.78, 5) is 41.9. The number of rotatable bonds is 2. The van der Waals surface area contributed by atoms with Crippen LogP contribution in [0.15, 0.2) is 30.3 Å². The highest BCUT2D eigenvalue weighted by Crippen LogP contribution is 2.26. The van der Waals surface area contributed by atoms with Crippen LogP contribution in [-0.2, 0) is 14.4 Å². The standard InChI is InChI=1S/C18H23N3O3/c1-14(22)19-8-5-9-20(11-10-19)18(24)15-12-17(23)21(13-15)16-6-3-2-4-7-16/h2-4,6-7,15H,5,8-13H2,1H3. The summed E-state index contributed by atoms with van der Waals surface area (Å²) in [5.74, 6) is -0.205. The Morgan fingerprint density at radius 1 is 1.00 bits per heavy atom. The second-order valence-corrected chi connectivity index (χ2v) is 6.43. The Kier molecular flexibility index (Phi) is 4.83. The average molecular weight is 329 g/mol. The molecule has 6 heteroatoms. The van der Waals surface area contributed by atoms with Crippen LogP contribution in [0.1, 0.15) is 19.8 Å². The van der Waals surface area contributed by atoms with Gasteiger partial charge in [-0.1, -0.05) is 18.2 Å². The molecule has 2 heterocycles. The number of amides is 3. The smallest absolute Gasteiger partial charge is 0.228 e. The molecule has 0 N–H and O–H groups in total. The molecular weight excluding hydrogens is 306 g/mol. The molecule has 3 amide bonds. The van der Waals surface area contributed by atoms with E-state index in [9.17, 15) is 14.4 Å². The van der Waals surface area contributed by atoms with Crippen molar-refractivity contribution in [3.63, 3.8) is 0 Å². The minimum Gasteiger partial charge on any atom is -0.341 e. The fourth-order valence-electron chi connectivity index (χ4n) is 3.44. The highest BCUT2D eigenvalue weighted by Gasteiger charge is 2.37. The maximum atomic E-state index is 12.8. The van der Waals surface area contributed by atoms with Gasteiger partial charge in [-0.3, -0.25) is 14.4 Å². The van der Waals surface area contributed by atoms with Gasteiger partial charge in [0.2, 0.25) is 17.7 Å². The molecule has 1 atom stereocenters. The van der Waals surface area contributed by atoms with Crippen LogP contribution in [0.4, 0.5) is 5.69 Å². The van der Waals surface area contributed by atoms with E-state index in [4.69, 9.17) is 0 Å². The number of hydrogen-bond donors (Lipinski definition) is 0. The summed E-state index contributed by atoms with van der Waals surface area (Å²) in [5, 5.41) is 0. The van der Waals surface area contributed by atoms with Crippen molar-refractivity contribution in [2.75, 3.05) is 37.6 Å². The van der Waals surface area contributed by atoms with Gasteiger partial charge in [-0.05, 0) is 18.6 Å². The second-order valence-electron chi connectivity index (χ2n) is 6.43. The van der Waals surface area contributed by atoms with Gasteiger partial charge in [-0.2, -0.15) is 0 Å². The zero-order valence-electron chi connectivity index (χ0n) is 14.0. The van der Waals surface area contributed by atoms with Crippen LogP contribution in [0.2, 0.25) is 0 Å². The van der Waals surface area contributed by atoms with Crippen LogP contribution in [-0.4, -0.2) is 60.2 Å². The molecule has 2 fully saturated rings. The van der Waals surface area contributed by atoms with Gasteiger partial charge in [0.15, 0.2) is 0 Å². The molecule has 3 rings (SSSR count). The lowest BCUT2D eigenvalue weighted by Crippen LogP contribution is -2.40. The number of anilines is 1. The summed E-state index contributed by atoms with van der Waals surface area (Å²) in [7, 11) is 0. The first-order chi connectivity index (χ1) is 11.6. The molecular formula is C18H23N3O3. The highest BCUT2D eigenvalue weighted by atomic mass is 16.2. The van der Waals surface area contributed by atoms with Gasteiger partial charge in [-0.25, -0.2) is 0 Å². The van der Waals surface area contributed by atoms with Gasteiger partial charge in [0, 0.05) is 51.8 Å². The van der Waals surface area contributed by atoms with E-state index in [2.05, 4.69) is 0 Å². The third kappa shape index (κ3) is 3.42. The minimum absolute atomic E-state index is 0.000246. The average Bonchev–Trinajstić information content (AvgIpc) is 2.81. The molecule has 0 radical (unpaired) electrons. The molecule has 128 valence electrons. The van der Waals surface area contributed by atoms with Crippen LogP contribution in [0.3, 0.4) is 0 Å². The number of benzene rings is 1. The Morgan fingerprint density at radius 3 is 2.38 bits per heavy atom. The Morgan fingerprint density at radius 2 is 1.67 bits per heavy atom. The molecule has 1 aromatic rings. The lowest BCUT2D eigenvalue weighted by Gasteiger charge is -2.24. The van der Waals surface area contributed by atoms with E-state index >= 15 is 0 Å². The molecule has 0 spiro atoms. The third-order valence-electron chi connectivity index (χ3n) is 4.80. The van der Waals surface area contributed by atoms with E-state index in [1.165, 1.54) is 0 Å². The molecule has 2 aliphatic rings. The summed E-state index contributed by atoms with van der Waals surface area (Å²) in [6.45, 7) is 4.47. The van der Waals surface area contributed by atoms with Crippen LogP contribution in [0.25, 0.3) is 0 Å². The topological polar surface area (TPSA) is 60.9 Å². The fraction of sp³-hybridized carbons (Fsp3) is 0.500. The number of nitrogens with zero attached hydrogens (tertiary/aromatic N) is 3. The number of carbonyl (C=O) groups is 3. The maximum absolute atomic E-state index is 12.8. The SMILES string of the molecule is CC(=O)N1CCCN(C(=O)C2CC(=O)N(c3ccccc3)C2)CC1. The Bertz CT molecular complexity index is 632. The Labute approximate surface area is 142 Å². The summed E-state index contributed by atoms with van der Waals surface area (Å²) < 4.78 is 0. The van der Waals surface area contributed by atoms with Crippen molar-refractivity contribution < 1.29 is 14.4 Å². The first kappa shape index (κ1) is 16.5. The molecule has 6 nitrogen and oxygen atoms in total. The van der Waals surface area contributed by atoms with Crippen molar-refractivity contribution in [3.05, 3.63) is 30.3 Å². The molecule has 2 aliphatic heterocycles. The zero-order chi connectivity index (χ0) is 17.1. The summed E-state index contributed by atoms with van der Waals surface area (Å²) in [5.41, 5.74) is 0.844. The lowest BCUT2D eigenvalue weighted by molar-refractivity contribution is -0.136. The van der Waals surface area contributed by atoms with Crippen molar-refractivity contribution in [2.24, 2.45) is 5.92 Å². The molecule has 2 saturated heterocycles. The van der Waals surface area contributed by atoms with Crippen molar-refractivity contribution in [2.45, 2.75) is 19.8 Å². The molecule has 1 aromatic carbocycles. The normalized spacial score (nSPS) is 21.8. The van der Waals surface area contributed by atoms with Gasteiger partial charge in [-0.15, -0.1) is 0 Å². The fourth-order valence-corrected chi connectivity index (χ4v) is 3.44. The van der Waals surface area contributed by atoms with Gasteiger partial charge in [0.05, 0.1) is 5.92 Å². The minimum atomic E-state index is -0.290. The number of carbonyl (C=O) groups excluding carboxylic acids is 3. The zero-order valence-corrected chi connectivity index (χ0v) is 14.0. The van der Waals surface area contributed by atoms with E-state index in [0.717, 1.165) is 12.1 Å². The van der Waals surface area contributed by atoms with Crippen LogP contribution < -0.4 is 4.90 Å². The van der Waals surface area contributed by atoms with E-state index in [1.807, 2.05) is 35.2 Å². The Balaban J connectivity index is 1.64. The van der Waals surface area contributed by atoms with Crippen molar-refractivity contribution in [1.82, 2.24) is 9.80 Å². The summed E-state index contributed by atoms with van der Waals surface area (Å²) in [6, 6.07) is 9.47. The van der Waals surface area contributed by atoms with Gasteiger partial charge in [0.1, 0.15) is 0 Å². The van der Waals surface area contributed by atoms with Crippen LogP contribution >= 0.6 is 0 Å².